The van der Waals surface area contributed by atoms with E-state index in [-0.39, 0.29) is 5.60 Å². The quantitative estimate of drug-likeness (QED) is 0.897. The van der Waals surface area contributed by atoms with Crippen molar-refractivity contribution in [2.24, 2.45) is 5.92 Å². The molecule has 4 heteroatoms. The van der Waals surface area contributed by atoms with Gasteiger partial charge in [0.25, 0.3) is 0 Å². The number of aromatic nitrogens is 1. The van der Waals surface area contributed by atoms with E-state index in [4.69, 9.17) is 4.74 Å². The number of pyridine rings is 1. The molecular formula is C16H27N3O. The molecule has 1 aromatic heterocycles. The molecule has 1 aliphatic rings. The zero-order valence-corrected chi connectivity index (χ0v) is 13.1. The fraction of sp³-hybridized carbons (Fsp3) is 0.688. The van der Waals surface area contributed by atoms with E-state index in [2.05, 4.69) is 49.0 Å². The molecule has 1 aromatic rings. The van der Waals surface area contributed by atoms with Crippen molar-refractivity contribution < 1.29 is 4.74 Å². The lowest BCUT2D eigenvalue weighted by atomic mass is 10.1. The minimum atomic E-state index is -0.0792. The Morgan fingerprint density at radius 1 is 1.45 bits per heavy atom. The minimum Gasteiger partial charge on any atom is -0.372 e. The first-order chi connectivity index (χ1) is 9.48. The second kappa shape index (κ2) is 6.55. The summed E-state index contributed by atoms with van der Waals surface area (Å²) >= 11 is 0. The van der Waals surface area contributed by atoms with E-state index < -0.39 is 0 Å². The molecule has 112 valence electrons. The second-order valence-corrected chi connectivity index (χ2v) is 6.56. The lowest BCUT2D eigenvalue weighted by molar-refractivity contribution is -0.0277. The van der Waals surface area contributed by atoms with Crippen LogP contribution in [0.5, 0.6) is 0 Å². The standard InChI is InChI=1S/C16H27N3O/c1-13(2)9-18-11-14-10-17-6-5-15(14)19-7-8-20-16(3,4)12-19/h5-6,10,13,18H,7-9,11-12H2,1-4H3. The van der Waals surface area contributed by atoms with Crippen LogP contribution in [0.15, 0.2) is 18.5 Å². The molecule has 1 saturated heterocycles. The first kappa shape index (κ1) is 15.3. The van der Waals surface area contributed by atoms with Crippen LogP contribution in [0.25, 0.3) is 0 Å². The maximum absolute atomic E-state index is 5.80. The topological polar surface area (TPSA) is 37.4 Å². The van der Waals surface area contributed by atoms with E-state index in [0.29, 0.717) is 5.92 Å². The Morgan fingerprint density at radius 3 is 2.95 bits per heavy atom. The summed E-state index contributed by atoms with van der Waals surface area (Å²) in [6, 6.07) is 2.12. The molecule has 2 rings (SSSR count). The minimum absolute atomic E-state index is 0.0792. The van der Waals surface area contributed by atoms with Crippen molar-refractivity contribution in [2.75, 3.05) is 31.1 Å². The van der Waals surface area contributed by atoms with E-state index in [1.54, 1.807) is 0 Å². The largest absolute Gasteiger partial charge is 0.372 e. The number of nitrogens with one attached hydrogen (secondary N) is 1. The van der Waals surface area contributed by atoms with Crippen molar-refractivity contribution in [3.63, 3.8) is 0 Å². The summed E-state index contributed by atoms with van der Waals surface area (Å²) < 4.78 is 5.80. The molecule has 0 aliphatic carbocycles. The summed E-state index contributed by atoms with van der Waals surface area (Å²) in [5.74, 6) is 0.664. The van der Waals surface area contributed by atoms with Gasteiger partial charge in [-0.15, -0.1) is 0 Å². The molecule has 0 amide bonds. The normalized spacial score (nSPS) is 18.6. The van der Waals surface area contributed by atoms with Crippen LogP contribution in [0.4, 0.5) is 5.69 Å². The predicted molar refractivity (Wildman–Crippen MR) is 83.0 cm³/mol. The number of hydrogen-bond donors (Lipinski definition) is 1. The first-order valence-corrected chi connectivity index (χ1v) is 7.50. The van der Waals surface area contributed by atoms with Gasteiger partial charge in [-0.05, 0) is 32.4 Å². The summed E-state index contributed by atoms with van der Waals surface area (Å²) in [6.45, 7) is 13.3. The third-order valence-electron chi connectivity index (χ3n) is 3.51. The molecule has 0 bridgehead atoms. The van der Waals surface area contributed by atoms with Gasteiger partial charge in [-0.1, -0.05) is 13.8 Å². The summed E-state index contributed by atoms with van der Waals surface area (Å²) in [5, 5.41) is 3.50. The highest BCUT2D eigenvalue weighted by Gasteiger charge is 2.28. The molecule has 4 nitrogen and oxygen atoms in total. The number of anilines is 1. The van der Waals surface area contributed by atoms with Gasteiger partial charge in [0.2, 0.25) is 0 Å². The molecule has 1 aliphatic heterocycles. The predicted octanol–water partition coefficient (Wildman–Crippen LogP) is 2.44. The van der Waals surface area contributed by atoms with Crippen molar-refractivity contribution in [3.8, 4) is 0 Å². The van der Waals surface area contributed by atoms with Crippen LogP contribution >= 0.6 is 0 Å². The third-order valence-corrected chi connectivity index (χ3v) is 3.51. The van der Waals surface area contributed by atoms with Crippen molar-refractivity contribution >= 4 is 5.69 Å². The molecule has 0 aromatic carbocycles. The molecule has 1 N–H and O–H groups in total. The molecule has 0 atom stereocenters. The van der Waals surface area contributed by atoms with Gasteiger partial charge in [0.05, 0.1) is 12.2 Å². The SMILES string of the molecule is CC(C)CNCc1cnccc1N1CCOC(C)(C)C1. The van der Waals surface area contributed by atoms with Crippen molar-refractivity contribution in [3.05, 3.63) is 24.0 Å². The average molecular weight is 277 g/mol. The number of ether oxygens (including phenoxy) is 1. The molecular weight excluding hydrogens is 250 g/mol. The Kier molecular flexibility index (Phi) is 5.00. The Morgan fingerprint density at radius 2 is 2.25 bits per heavy atom. The monoisotopic (exact) mass is 277 g/mol. The van der Waals surface area contributed by atoms with Gasteiger partial charge in [0.1, 0.15) is 0 Å². The van der Waals surface area contributed by atoms with Crippen LogP contribution in [0.3, 0.4) is 0 Å². The van der Waals surface area contributed by atoms with Crippen LogP contribution in [0.1, 0.15) is 33.3 Å². The van der Waals surface area contributed by atoms with Gasteiger partial charge in [-0.3, -0.25) is 4.98 Å². The number of rotatable bonds is 5. The van der Waals surface area contributed by atoms with Crippen LogP contribution in [0, 0.1) is 5.92 Å². The Balaban J connectivity index is 2.07. The number of nitrogens with zero attached hydrogens (tertiary/aromatic N) is 2. The van der Waals surface area contributed by atoms with Crippen LogP contribution in [-0.4, -0.2) is 36.8 Å². The number of morpholine rings is 1. The lowest BCUT2D eigenvalue weighted by Crippen LogP contribution is -2.48. The van der Waals surface area contributed by atoms with Gasteiger partial charge in [0, 0.05) is 43.3 Å². The fourth-order valence-electron chi connectivity index (χ4n) is 2.58. The number of hydrogen-bond acceptors (Lipinski definition) is 4. The van der Waals surface area contributed by atoms with E-state index >= 15 is 0 Å². The maximum Gasteiger partial charge on any atom is 0.0801 e. The van der Waals surface area contributed by atoms with Crippen LogP contribution in [0.2, 0.25) is 0 Å². The molecule has 2 heterocycles. The van der Waals surface area contributed by atoms with Gasteiger partial charge in [0.15, 0.2) is 0 Å². The van der Waals surface area contributed by atoms with Crippen LogP contribution < -0.4 is 10.2 Å². The van der Waals surface area contributed by atoms with E-state index in [9.17, 15) is 0 Å². The van der Waals surface area contributed by atoms with E-state index in [0.717, 1.165) is 32.8 Å². The average Bonchev–Trinajstić information content (AvgIpc) is 2.37. The molecule has 20 heavy (non-hydrogen) atoms. The Labute approximate surface area is 122 Å². The summed E-state index contributed by atoms with van der Waals surface area (Å²) in [7, 11) is 0. The van der Waals surface area contributed by atoms with Crippen molar-refractivity contribution in [2.45, 2.75) is 39.8 Å². The zero-order chi connectivity index (χ0) is 14.6. The Bertz CT molecular complexity index is 431. The van der Waals surface area contributed by atoms with Gasteiger partial charge < -0.3 is 15.0 Å². The second-order valence-electron chi connectivity index (χ2n) is 6.56. The highest BCUT2D eigenvalue weighted by atomic mass is 16.5. The zero-order valence-electron chi connectivity index (χ0n) is 13.1. The van der Waals surface area contributed by atoms with Gasteiger partial charge in [-0.25, -0.2) is 0 Å². The summed E-state index contributed by atoms with van der Waals surface area (Å²) in [4.78, 5) is 6.69. The van der Waals surface area contributed by atoms with E-state index in [1.165, 1.54) is 11.3 Å². The smallest absolute Gasteiger partial charge is 0.0801 e. The fourth-order valence-corrected chi connectivity index (χ4v) is 2.58. The van der Waals surface area contributed by atoms with E-state index in [1.807, 2.05) is 12.4 Å². The summed E-state index contributed by atoms with van der Waals surface area (Å²) in [6.07, 6.45) is 3.86. The Hall–Kier alpha value is -1.13. The summed E-state index contributed by atoms with van der Waals surface area (Å²) in [5.41, 5.74) is 2.47. The first-order valence-electron chi connectivity index (χ1n) is 7.50. The van der Waals surface area contributed by atoms with Gasteiger partial charge in [-0.2, -0.15) is 0 Å². The van der Waals surface area contributed by atoms with Crippen LogP contribution in [-0.2, 0) is 11.3 Å². The lowest BCUT2D eigenvalue weighted by Gasteiger charge is -2.40. The van der Waals surface area contributed by atoms with Gasteiger partial charge >= 0.3 is 0 Å². The molecule has 1 fully saturated rings. The maximum atomic E-state index is 5.80. The highest BCUT2D eigenvalue weighted by molar-refractivity contribution is 5.52. The molecule has 0 saturated carbocycles. The molecule has 0 spiro atoms. The highest BCUT2D eigenvalue weighted by Crippen LogP contribution is 2.25. The van der Waals surface area contributed by atoms with Crippen molar-refractivity contribution in [1.29, 1.82) is 0 Å². The molecule has 0 radical (unpaired) electrons. The molecule has 0 unspecified atom stereocenters. The van der Waals surface area contributed by atoms with Crippen molar-refractivity contribution in [1.82, 2.24) is 10.3 Å². The third kappa shape index (κ3) is 4.18.